The van der Waals surface area contributed by atoms with Gasteiger partial charge in [0.15, 0.2) is 0 Å². The molecule has 0 unspecified atom stereocenters. The second-order valence-electron chi connectivity index (χ2n) is 5.57. The van der Waals surface area contributed by atoms with Gasteiger partial charge in [0.2, 0.25) is 0 Å². The summed E-state index contributed by atoms with van der Waals surface area (Å²) >= 11 is 0. The Hall–Kier alpha value is -1.21. The molecule has 0 spiro atoms. The maximum atomic E-state index is 13.2. The van der Waals surface area contributed by atoms with Gasteiger partial charge in [-0.15, -0.1) is 0 Å². The van der Waals surface area contributed by atoms with Crippen molar-refractivity contribution in [3.8, 4) is 0 Å². The van der Waals surface area contributed by atoms with E-state index in [4.69, 9.17) is 0 Å². The molecular formula is C15H19F5N2. The lowest BCUT2D eigenvalue weighted by atomic mass is 10.1. The minimum absolute atomic E-state index is 0.0694. The molecule has 1 aliphatic rings. The van der Waals surface area contributed by atoms with Crippen molar-refractivity contribution in [2.75, 3.05) is 26.2 Å². The largest absolute Gasteiger partial charge is 0.416 e. The number of nitrogens with one attached hydrogen (secondary N) is 1. The van der Waals surface area contributed by atoms with Crippen LogP contribution >= 0.6 is 0 Å². The Balaban J connectivity index is 1.80. The summed E-state index contributed by atoms with van der Waals surface area (Å²) in [4.78, 5) is 1.65. The highest BCUT2D eigenvalue weighted by atomic mass is 19.4. The number of alkyl halides is 5. The van der Waals surface area contributed by atoms with Crippen LogP contribution < -0.4 is 5.32 Å². The fourth-order valence-electron chi connectivity index (χ4n) is 2.65. The number of hydrogen-bond acceptors (Lipinski definition) is 2. The molecule has 1 saturated heterocycles. The first-order valence-corrected chi connectivity index (χ1v) is 7.24. The third kappa shape index (κ3) is 4.91. The van der Waals surface area contributed by atoms with E-state index < -0.39 is 17.7 Å². The normalized spacial score (nSPS) is 19.3. The van der Waals surface area contributed by atoms with Crippen LogP contribution in [-0.4, -0.2) is 37.0 Å². The van der Waals surface area contributed by atoms with Crippen LogP contribution in [-0.2, 0) is 12.7 Å². The molecule has 0 aliphatic carbocycles. The fourth-order valence-corrected chi connectivity index (χ4v) is 2.65. The van der Waals surface area contributed by atoms with E-state index in [1.807, 2.05) is 0 Å². The van der Waals surface area contributed by atoms with Gasteiger partial charge in [0.25, 0.3) is 5.92 Å². The van der Waals surface area contributed by atoms with Crippen LogP contribution in [0.2, 0.25) is 0 Å². The van der Waals surface area contributed by atoms with Gasteiger partial charge in [-0.05, 0) is 24.6 Å². The maximum Gasteiger partial charge on any atom is 0.416 e. The van der Waals surface area contributed by atoms with Crippen molar-refractivity contribution in [1.82, 2.24) is 10.2 Å². The van der Waals surface area contributed by atoms with Crippen LogP contribution in [0.1, 0.15) is 24.0 Å². The van der Waals surface area contributed by atoms with Crippen LogP contribution in [0.5, 0.6) is 0 Å². The summed E-state index contributed by atoms with van der Waals surface area (Å²) < 4.78 is 64.9. The van der Waals surface area contributed by atoms with Crippen molar-refractivity contribution in [2.45, 2.75) is 31.5 Å². The molecule has 22 heavy (non-hydrogen) atoms. The number of halogens is 5. The zero-order valence-electron chi connectivity index (χ0n) is 12.1. The molecule has 1 aromatic rings. The molecule has 124 valence electrons. The molecule has 2 nitrogen and oxygen atoms in total. The molecule has 1 aromatic carbocycles. The lowest BCUT2D eigenvalue weighted by Gasteiger charge is -2.32. The molecule has 1 N–H and O–H groups in total. The Bertz CT molecular complexity index is 487. The fraction of sp³-hybridized carbons (Fsp3) is 0.600. The lowest BCUT2D eigenvalue weighted by Crippen LogP contribution is -2.45. The SMILES string of the molecule is FC1(F)CCCN(CCNCc2ccccc2C(F)(F)F)C1. The number of nitrogens with zero attached hydrogens (tertiary/aromatic N) is 1. The predicted molar refractivity (Wildman–Crippen MR) is 73.8 cm³/mol. The zero-order chi connectivity index (χ0) is 16.2. The van der Waals surface area contributed by atoms with E-state index in [0.717, 1.165) is 6.07 Å². The minimum atomic E-state index is -4.38. The zero-order valence-corrected chi connectivity index (χ0v) is 12.1. The van der Waals surface area contributed by atoms with E-state index in [1.165, 1.54) is 12.1 Å². The van der Waals surface area contributed by atoms with E-state index in [-0.39, 0.29) is 25.1 Å². The van der Waals surface area contributed by atoms with Crippen LogP contribution in [0, 0.1) is 0 Å². The molecule has 0 aromatic heterocycles. The summed E-state index contributed by atoms with van der Waals surface area (Å²) in [5.74, 6) is -2.65. The lowest BCUT2D eigenvalue weighted by molar-refractivity contribution is -0.138. The minimum Gasteiger partial charge on any atom is -0.311 e. The molecule has 1 fully saturated rings. The Labute approximate surface area is 126 Å². The van der Waals surface area contributed by atoms with Gasteiger partial charge in [-0.25, -0.2) is 8.78 Å². The van der Waals surface area contributed by atoms with Gasteiger partial charge in [0.05, 0.1) is 12.1 Å². The topological polar surface area (TPSA) is 15.3 Å². The van der Waals surface area contributed by atoms with Gasteiger partial charge < -0.3 is 5.32 Å². The second-order valence-corrected chi connectivity index (χ2v) is 5.57. The maximum absolute atomic E-state index is 13.2. The highest BCUT2D eigenvalue weighted by molar-refractivity contribution is 5.29. The second kappa shape index (κ2) is 6.91. The van der Waals surface area contributed by atoms with Crippen molar-refractivity contribution < 1.29 is 22.0 Å². The standard InChI is InChI=1S/C15H19F5N2/c16-14(17)6-3-8-22(11-14)9-7-21-10-12-4-1-2-5-13(12)15(18,19)20/h1-2,4-5,21H,3,6-11H2. The predicted octanol–water partition coefficient (Wildman–Crippen LogP) is 3.53. The van der Waals surface area contributed by atoms with Crippen LogP contribution in [0.25, 0.3) is 0 Å². The molecule has 0 radical (unpaired) electrons. The number of benzene rings is 1. The average molecular weight is 322 g/mol. The van der Waals surface area contributed by atoms with Crippen molar-refractivity contribution in [2.24, 2.45) is 0 Å². The smallest absolute Gasteiger partial charge is 0.311 e. The highest BCUT2D eigenvalue weighted by Crippen LogP contribution is 2.31. The summed E-state index contributed by atoms with van der Waals surface area (Å²) in [7, 11) is 0. The summed E-state index contributed by atoms with van der Waals surface area (Å²) in [5, 5.41) is 2.90. The van der Waals surface area contributed by atoms with Crippen LogP contribution in [0.3, 0.4) is 0 Å². The average Bonchev–Trinajstić information content (AvgIpc) is 2.42. The summed E-state index contributed by atoms with van der Waals surface area (Å²) in [6, 6.07) is 5.37. The van der Waals surface area contributed by atoms with E-state index in [9.17, 15) is 22.0 Å². The third-order valence-electron chi connectivity index (χ3n) is 3.71. The Morgan fingerprint density at radius 2 is 1.91 bits per heavy atom. The van der Waals surface area contributed by atoms with Crippen molar-refractivity contribution in [1.29, 1.82) is 0 Å². The van der Waals surface area contributed by atoms with Crippen LogP contribution in [0.15, 0.2) is 24.3 Å². The Morgan fingerprint density at radius 1 is 1.18 bits per heavy atom. The van der Waals surface area contributed by atoms with E-state index in [0.29, 0.717) is 26.1 Å². The monoisotopic (exact) mass is 322 g/mol. The molecule has 0 atom stereocenters. The van der Waals surface area contributed by atoms with Crippen LogP contribution in [0.4, 0.5) is 22.0 Å². The van der Waals surface area contributed by atoms with Crippen molar-refractivity contribution >= 4 is 0 Å². The van der Waals surface area contributed by atoms with Gasteiger partial charge in [-0.3, -0.25) is 4.90 Å². The summed E-state index contributed by atoms with van der Waals surface area (Å²) in [5.41, 5.74) is -0.494. The highest BCUT2D eigenvalue weighted by Gasteiger charge is 2.35. The molecule has 1 heterocycles. The quantitative estimate of drug-likeness (QED) is 0.659. The molecular weight excluding hydrogens is 303 g/mol. The number of likely N-dealkylation sites (tertiary alicyclic amines) is 1. The number of rotatable bonds is 5. The van der Waals surface area contributed by atoms with Gasteiger partial charge >= 0.3 is 6.18 Å². The molecule has 0 saturated carbocycles. The van der Waals surface area contributed by atoms with Crippen molar-refractivity contribution in [3.05, 3.63) is 35.4 Å². The van der Waals surface area contributed by atoms with Gasteiger partial charge in [0.1, 0.15) is 0 Å². The molecule has 2 rings (SSSR count). The van der Waals surface area contributed by atoms with Gasteiger partial charge in [-0.1, -0.05) is 18.2 Å². The first-order valence-electron chi connectivity index (χ1n) is 7.24. The number of piperidine rings is 1. The van der Waals surface area contributed by atoms with Gasteiger partial charge in [0, 0.05) is 26.1 Å². The van der Waals surface area contributed by atoms with E-state index >= 15 is 0 Å². The first-order chi connectivity index (χ1) is 10.3. The number of hydrogen-bond donors (Lipinski definition) is 1. The Morgan fingerprint density at radius 3 is 2.59 bits per heavy atom. The molecule has 7 heteroatoms. The third-order valence-corrected chi connectivity index (χ3v) is 3.71. The van der Waals surface area contributed by atoms with E-state index in [2.05, 4.69) is 5.32 Å². The molecule has 1 aliphatic heterocycles. The molecule has 0 amide bonds. The van der Waals surface area contributed by atoms with Gasteiger partial charge in [-0.2, -0.15) is 13.2 Å². The Kier molecular flexibility index (Phi) is 5.39. The summed E-state index contributed by atoms with van der Waals surface area (Å²) in [6.07, 6.45) is -4.02. The van der Waals surface area contributed by atoms with Crippen molar-refractivity contribution in [3.63, 3.8) is 0 Å². The van der Waals surface area contributed by atoms with E-state index in [1.54, 1.807) is 11.0 Å². The summed E-state index contributed by atoms with van der Waals surface area (Å²) in [6.45, 7) is 1.19. The molecule has 0 bridgehead atoms. The first kappa shape index (κ1) is 17.1.